The Morgan fingerprint density at radius 2 is 1.80 bits per heavy atom. The second-order valence-electron chi connectivity index (χ2n) is 5.35. The Bertz CT molecular complexity index is 645. The lowest BCUT2D eigenvalue weighted by atomic mass is 9.95. The number of ether oxygens (including phenoxy) is 2. The van der Waals surface area contributed by atoms with Gasteiger partial charge in [-0.3, -0.25) is 0 Å². The minimum atomic E-state index is -0.585. The molecule has 1 aliphatic rings. The first kappa shape index (κ1) is 12.7. The average molecular weight is 268 g/mol. The predicted octanol–water partition coefficient (Wildman–Crippen LogP) is 3.67. The van der Waals surface area contributed by atoms with E-state index in [4.69, 9.17) is 9.47 Å². The molecule has 0 fully saturated rings. The second kappa shape index (κ2) is 4.67. The lowest BCUT2D eigenvalue weighted by Crippen LogP contribution is -2.15. The number of hydrogen-bond acceptors (Lipinski definition) is 3. The van der Waals surface area contributed by atoms with E-state index in [1.165, 1.54) is 0 Å². The molecule has 1 aliphatic heterocycles. The minimum Gasteiger partial charge on any atom is -0.488 e. The molecule has 0 N–H and O–H groups in total. The number of carbonyl (C=O) groups excluding carboxylic acids is 1. The van der Waals surface area contributed by atoms with Gasteiger partial charge in [-0.1, -0.05) is 42.5 Å². The summed E-state index contributed by atoms with van der Waals surface area (Å²) in [5.41, 5.74) is 1.91. The molecule has 0 radical (unpaired) electrons. The van der Waals surface area contributed by atoms with Crippen molar-refractivity contribution in [1.29, 1.82) is 0 Å². The van der Waals surface area contributed by atoms with Crippen LogP contribution in [0.5, 0.6) is 5.75 Å². The SMILES string of the molecule is CC1(C)OC(=O)c2c(OCc3ccccc3)cccc21. The topological polar surface area (TPSA) is 35.5 Å². The molecule has 0 saturated heterocycles. The van der Waals surface area contributed by atoms with Crippen molar-refractivity contribution in [3.63, 3.8) is 0 Å². The van der Waals surface area contributed by atoms with Crippen molar-refractivity contribution in [2.45, 2.75) is 26.1 Å². The van der Waals surface area contributed by atoms with Gasteiger partial charge >= 0.3 is 5.97 Å². The summed E-state index contributed by atoms with van der Waals surface area (Å²) in [4.78, 5) is 12.0. The van der Waals surface area contributed by atoms with E-state index in [1.54, 1.807) is 0 Å². The summed E-state index contributed by atoms with van der Waals surface area (Å²) >= 11 is 0. The summed E-state index contributed by atoms with van der Waals surface area (Å²) in [6.45, 7) is 4.21. The molecule has 20 heavy (non-hydrogen) atoms. The van der Waals surface area contributed by atoms with E-state index in [-0.39, 0.29) is 5.97 Å². The Labute approximate surface area is 118 Å². The first-order valence-electron chi connectivity index (χ1n) is 6.61. The molecule has 0 atom stereocenters. The van der Waals surface area contributed by atoms with Crippen molar-refractivity contribution in [2.24, 2.45) is 0 Å². The largest absolute Gasteiger partial charge is 0.488 e. The maximum Gasteiger partial charge on any atom is 0.343 e. The molecule has 3 rings (SSSR count). The highest BCUT2D eigenvalue weighted by Gasteiger charge is 2.39. The third-order valence-electron chi connectivity index (χ3n) is 3.46. The zero-order valence-corrected chi connectivity index (χ0v) is 11.6. The molecular formula is C17H16O3. The second-order valence-corrected chi connectivity index (χ2v) is 5.35. The highest BCUT2D eigenvalue weighted by atomic mass is 16.6. The van der Waals surface area contributed by atoms with Crippen molar-refractivity contribution in [2.75, 3.05) is 0 Å². The number of cyclic esters (lactones) is 1. The van der Waals surface area contributed by atoms with Gasteiger partial charge in [0.05, 0.1) is 0 Å². The summed E-state index contributed by atoms with van der Waals surface area (Å²) in [6, 6.07) is 15.5. The van der Waals surface area contributed by atoms with Crippen LogP contribution in [-0.2, 0) is 16.9 Å². The van der Waals surface area contributed by atoms with Gasteiger partial charge in [0.1, 0.15) is 23.5 Å². The molecular weight excluding hydrogens is 252 g/mol. The van der Waals surface area contributed by atoms with E-state index in [0.29, 0.717) is 17.9 Å². The Balaban J connectivity index is 1.89. The van der Waals surface area contributed by atoms with Crippen LogP contribution in [-0.4, -0.2) is 5.97 Å². The highest BCUT2D eigenvalue weighted by Crippen LogP contribution is 2.40. The normalized spacial score (nSPS) is 15.6. The quantitative estimate of drug-likeness (QED) is 0.797. The molecule has 2 aromatic carbocycles. The Morgan fingerprint density at radius 3 is 2.55 bits per heavy atom. The molecule has 1 heterocycles. The fourth-order valence-corrected chi connectivity index (χ4v) is 2.44. The van der Waals surface area contributed by atoms with Crippen LogP contribution in [0, 0.1) is 0 Å². The summed E-state index contributed by atoms with van der Waals surface area (Å²) in [7, 11) is 0. The molecule has 0 aromatic heterocycles. The Morgan fingerprint density at radius 1 is 1.05 bits per heavy atom. The van der Waals surface area contributed by atoms with Crippen molar-refractivity contribution >= 4 is 5.97 Å². The first-order valence-corrected chi connectivity index (χ1v) is 6.61. The molecule has 2 aromatic rings. The molecule has 0 aliphatic carbocycles. The van der Waals surface area contributed by atoms with Crippen LogP contribution < -0.4 is 4.74 Å². The van der Waals surface area contributed by atoms with Crippen molar-refractivity contribution in [3.8, 4) is 5.75 Å². The van der Waals surface area contributed by atoms with Gasteiger partial charge in [-0.15, -0.1) is 0 Å². The standard InChI is InChI=1S/C17H16O3/c1-17(2)13-9-6-10-14(15(13)16(18)20-17)19-11-12-7-4-3-5-8-12/h3-10H,11H2,1-2H3. The summed E-state index contributed by atoms with van der Waals surface area (Å²) in [5, 5.41) is 0. The van der Waals surface area contributed by atoms with Gasteiger partial charge in [0.25, 0.3) is 0 Å². The average Bonchev–Trinajstić information content (AvgIpc) is 2.68. The van der Waals surface area contributed by atoms with Crippen LogP contribution in [0.25, 0.3) is 0 Å². The van der Waals surface area contributed by atoms with Gasteiger partial charge in [0.15, 0.2) is 0 Å². The van der Waals surface area contributed by atoms with Crippen molar-refractivity contribution < 1.29 is 14.3 Å². The number of carbonyl (C=O) groups is 1. The zero-order chi connectivity index (χ0) is 14.2. The van der Waals surface area contributed by atoms with Crippen molar-refractivity contribution in [3.05, 3.63) is 65.2 Å². The lowest BCUT2D eigenvalue weighted by Gasteiger charge is -2.17. The van der Waals surface area contributed by atoms with E-state index in [2.05, 4.69) is 0 Å². The third kappa shape index (κ3) is 2.16. The highest BCUT2D eigenvalue weighted by molar-refractivity contribution is 5.97. The fraction of sp³-hybridized carbons (Fsp3) is 0.235. The van der Waals surface area contributed by atoms with Crippen molar-refractivity contribution in [1.82, 2.24) is 0 Å². The van der Waals surface area contributed by atoms with Gasteiger partial charge in [-0.2, -0.15) is 0 Å². The summed E-state index contributed by atoms with van der Waals surface area (Å²) in [6.07, 6.45) is 0. The number of fused-ring (bicyclic) bond motifs is 1. The zero-order valence-electron chi connectivity index (χ0n) is 11.6. The van der Waals surface area contributed by atoms with E-state index in [1.807, 2.05) is 62.4 Å². The van der Waals surface area contributed by atoms with Gasteiger partial charge in [-0.05, 0) is 25.5 Å². The van der Waals surface area contributed by atoms with Crippen LogP contribution >= 0.6 is 0 Å². The van der Waals surface area contributed by atoms with Gasteiger partial charge in [0, 0.05) is 5.56 Å². The summed E-state index contributed by atoms with van der Waals surface area (Å²) < 4.78 is 11.2. The predicted molar refractivity (Wildman–Crippen MR) is 75.7 cm³/mol. The monoisotopic (exact) mass is 268 g/mol. The maximum atomic E-state index is 12.0. The number of benzene rings is 2. The fourth-order valence-electron chi connectivity index (χ4n) is 2.44. The first-order chi connectivity index (χ1) is 9.58. The Hall–Kier alpha value is -2.29. The van der Waals surface area contributed by atoms with E-state index >= 15 is 0 Å². The van der Waals surface area contributed by atoms with Crippen LogP contribution in [0.15, 0.2) is 48.5 Å². The molecule has 3 heteroatoms. The number of esters is 1. The molecule has 102 valence electrons. The molecule has 0 unspecified atom stereocenters. The smallest absolute Gasteiger partial charge is 0.343 e. The summed E-state index contributed by atoms with van der Waals surface area (Å²) in [5.74, 6) is 0.274. The van der Waals surface area contributed by atoms with Crippen LogP contribution in [0.3, 0.4) is 0 Å². The number of hydrogen-bond donors (Lipinski definition) is 0. The molecule has 3 nitrogen and oxygen atoms in total. The molecule has 0 saturated carbocycles. The van der Waals surface area contributed by atoms with Crippen LogP contribution in [0.2, 0.25) is 0 Å². The Kier molecular flexibility index (Phi) is 2.97. The lowest BCUT2D eigenvalue weighted by molar-refractivity contribution is 0.00943. The number of rotatable bonds is 3. The molecule has 0 amide bonds. The van der Waals surface area contributed by atoms with Gasteiger partial charge in [-0.25, -0.2) is 4.79 Å². The van der Waals surface area contributed by atoms with Gasteiger partial charge in [0.2, 0.25) is 0 Å². The van der Waals surface area contributed by atoms with E-state index in [9.17, 15) is 4.79 Å². The van der Waals surface area contributed by atoms with E-state index < -0.39 is 5.60 Å². The van der Waals surface area contributed by atoms with Gasteiger partial charge < -0.3 is 9.47 Å². The third-order valence-corrected chi connectivity index (χ3v) is 3.46. The van der Waals surface area contributed by atoms with E-state index in [0.717, 1.165) is 11.1 Å². The molecule has 0 spiro atoms. The maximum absolute atomic E-state index is 12.0. The van der Waals surface area contributed by atoms with Crippen LogP contribution in [0.4, 0.5) is 0 Å². The molecule has 0 bridgehead atoms. The van der Waals surface area contributed by atoms with Crippen LogP contribution in [0.1, 0.15) is 35.3 Å². The minimum absolute atomic E-state index is 0.311.